The van der Waals surface area contributed by atoms with Crippen molar-refractivity contribution in [2.24, 2.45) is 0 Å². The van der Waals surface area contributed by atoms with Crippen LogP contribution in [0.25, 0.3) is 0 Å². The van der Waals surface area contributed by atoms with Gasteiger partial charge in [0, 0.05) is 19.3 Å². The Morgan fingerprint density at radius 3 is 2.61 bits per heavy atom. The highest BCUT2D eigenvalue weighted by Crippen LogP contribution is 2.21. The minimum absolute atomic E-state index is 0.148. The van der Waals surface area contributed by atoms with Gasteiger partial charge in [-0.15, -0.1) is 0 Å². The van der Waals surface area contributed by atoms with Crippen LogP contribution in [-0.2, 0) is 19.1 Å². The fourth-order valence-corrected chi connectivity index (χ4v) is 3.28. The molecule has 0 unspecified atom stereocenters. The van der Waals surface area contributed by atoms with E-state index < -0.39 is 24.5 Å². The Hall–Kier alpha value is -3.62. The molecule has 0 aliphatic carbocycles. The minimum atomic E-state index is -0.763. The number of furan rings is 1. The molecule has 3 amide bonds. The third-order valence-corrected chi connectivity index (χ3v) is 5.00. The van der Waals surface area contributed by atoms with Gasteiger partial charge in [0.05, 0.1) is 12.8 Å². The molecule has 9 heteroatoms. The van der Waals surface area contributed by atoms with E-state index in [9.17, 15) is 19.2 Å². The van der Waals surface area contributed by atoms with E-state index in [4.69, 9.17) is 9.15 Å². The van der Waals surface area contributed by atoms with Crippen molar-refractivity contribution < 1.29 is 28.3 Å². The molecule has 1 aromatic carbocycles. The molecule has 1 aliphatic rings. The summed E-state index contributed by atoms with van der Waals surface area (Å²) in [5.41, 5.74) is 1.70. The molecule has 0 spiro atoms. The number of aryl methyl sites for hydroxylation is 1. The summed E-state index contributed by atoms with van der Waals surface area (Å²) in [6.45, 7) is 1.66. The van der Waals surface area contributed by atoms with Gasteiger partial charge in [-0.3, -0.25) is 14.4 Å². The van der Waals surface area contributed by atoms with Gasteiger partial charge in [0.1, 0.15) is 6.04 Å². The molecule has 1 aromatic heterocycles. The van der Waals surface area contributed by atoms with Gasteiger partial charge in [-0.05, 0) is 44.0 Å². The first kappa shape index (κ1) is 22.1. The molecule has 3 rings (SSSR count). The van der Waals surface area contributed by atoms with Crippen molar-refractivity contribution in [2.45, 2.75) is 25.8 Å². The summed E-state index contributed by atoms with van der Waals surface area (Å²) in [7, 11) is 1.45. The Morgan fingerprint density at radius 1 is 1.19 bits per heavy atom. The lowest BCUT2D eigenvalue weighted by atomic mass is 10.2. The van der Waals surface area contributed by atoms with Crippen LogP contribution in [0.2, 0.25) is 0 Å². The van der Waals surface area contributed by atoms with E-state index >= 15 is 0 Å². The Kier molecular flexibility index (Phi) is 7.07. The van der Waals surface area contributed by atoms with Crippen molar-refractivity contribution in [3.05, 3.63) is 54.0 Å². The molecule has 1 saturated heterocycles. The lowest BCUT2D eigenvalue weighted by molar-refractivity contribution is -0.155. The number of nitrogens with one attached hydrogen (secondary N) is 1. The SMILES string of the molecule is Cc1ccc(NC(=O)CN(C)C(=O)COC(=O)[C@@H]2CCCN2C(=O)c2ccco2)cc1. The molecule has 2 heterocycles. The van der Waals surface area contributed by atoms with Crippen molar-refractivity contribution in [3.63, 3.8) is 0 Å². The standard InChI is InChI=1S/C22H25N3O6/c1-15-7-9-16(10-8-15)23-19(26)13-24(2)20(27)14-31-22(29)17-5-3-11-25(17)21(28)18-6-4-12-30-18/h4,6-10,12,17H,3,5,11,13-14H2,1-2H3,(H,23,26)/t17-/m0/s1. The minimum Gasteiger partial charge on any atom is -0.459 e. The van der Waals surface area contributed by atoms with Crippen LogP contribution < -0.4 is 5.32 Å². The monoisotopic (exact) mass is 427 g/mol. The molecule has 2 aromatic rings. The summed E-state index contributed by atoms with van der Waals surface area (Å²) in [6.07, 6.45) is 2.49. The first-order valence-corrected chi connectivity index (χ1v) is 9.96. The van der Waals surface area contributed by atoms with Gasteiger partial charge < -0.3 is 24.3 Å². The average Bonchev–Trinajstić information content (AvgIpc) is 3.45. The topological polar surface area (TPSA) is 109 Å². The largest absolute Gasteiger partial charge is 0.459 e. The van der Waals surface area contributed by atoms with Crippen molar-refractivity contribution in [1.82, 2.24) is 9.80 Å². The molecular weight excluding hydrogens is 402 g/mol. The summed E-state index contributed by atoms with van der Waals surface area (Å²) in [5, 5.41) is 2.70. The van der Waals surface area contributed by atoms with Crippen LogP contribution in [0.4, 0.5) is 5.69 Å². The Morgan fingerprint density at radius 2 is 1.94 bits per heavy atom. The molecule has 1 atom stereocenters. The molecule has 0 saturated carbocycles. The van der Waals surface area contributed by atoms with Gasteiger partial charge in [-0.2, -0.15) is 0 Å². The fraction of sp³-hybridized carbons (Fsp3) is 0.364. The zero-order valence-electron chi connectivity index (χ0n) is 17.5. The van der Waals surface area contributed by atoms with E-state index in [-0.39, 0.29) is 24.1 Å². The Bertz CT molecular complexity index is 939. The average molecular weight is 427 g/mol. The fourth-order valence-electron chi connectivity index (χ4n) is 3.28. The van der Waals surface area contributed by atoms with Gasteiger partial charge in [0.15, 0.2) is 12.4 Å². The van der Waals surface area contributed by atoms with Crippen LogP contribution >= 0.6 is 0 Å². The molecular formula is C22H25N3O6. The predicted octanol–water partition coefficient (Wildman–Crippen LogP) is 1.83. The number of esters is 1. The Labute approximate surface area is 179 Å². The number of rotatable bonds is 7. The second kappa shape index (κ2) is 9.92. The van der Waals surface area contributed by atoms with Crippen LogP contribution in [-0.4, -0.2) is 66.3 Å². The lowest BCUT2D eigenvalue weighted by Gasteiger charge is -2.23. The molecule has 1 N–H and O–H groups in total. The molecule has 1 aliphatic heterocycles. The first-order chi connectivity index (χ1) is 14.8. The summed E-state index contributed by atoms with van der Waals surface area (Å²) in [5.74, 6) is -1.77. The third-order valence-electron chi connectivity index (χ3n) is 5.00. The number of likely N-dealkylation sites (tertiary alicyclic amines) is 1. The van der Waals surface area contributed by atoms with E-state index in [1.807, 2.05) is 19.1 Å². The predicted molar refractivity (Wildman–Crippen MR) is 111 cm³/mol. The summed E-state index contributed by atoms with van der Waals surface area (Å²) >= 11 is 0. The number of ether oxygens (including phenoxy) is 1. The lowest BCUT2D eigenvalue weighted by Crippen LogP contribution is -2.43. The van der Waals surface area contributed by atoms with Gasteiger partial charge in [-0.1, -0.05) is 17.7 Å². The van der Waals surface area contributed by atoms with Crippen molar-refractivity contribution in [3.8, 4) is 0 Å². The number of benzene rings is 1. The highest BCUT2D eigenvalue weighted by atomic mass is 16.5. The number of likely N-dealkylation sites (N-methyl/N-ethyl adjacent to an activating group) is 1. The van der Waals surface area contributed by atoms with E-state index in [0.717, 1.165) is 5.56 Å². The van der Waals surface area contributed by atoms with E-state index in [0.29, 0.717) is 25.1 Å². The summed E-state index contributed by atoms with van der Waals surface area (Å²) in [4.78, 5) is 51.9. The number of hydrogen-bond acceptors (Lipinski definition) is 6. The molecule has 164 valence electrons. The van der Waals surface area contributed by atoms with Crippen LogP contribution in [0.1, 0.15) is 29.0 Å². The van der Waals surface area contributed by atoms with Crippen molar-refractivity contribution >= 4 is 29.4 Å². The van der Waals surface area contributed by atoms with E-state index in [2.05, 4.69) is 5.32 Å². The Balaban J connectivity index is 1.46. The van der Waals surface area contributed by atoms with Gasteiger partial charge >= 0.3 is 5.97 Å². The molecule has 0 bridgehead atoms. The van der Waals surface area contributed by atoms with Gasteiger partial charge in [0.25, 0.3) is 11.8 Å². The van der Waals surface area contributed by atoms with Crippen molar-refractivity contribution in [1.29, 1.82) is 0 Å². The van der Waals surface area contributed by atoms with Crippen LogP contribution in [0.15, 0.2) is 47.1 Å². The number of nitrogens with zero attached hydrogens (tertiary/aromatic N) is 2. The maximum Gasteiger partial charge on any atom is 0.329 e. The van der Waals surface area contributed by atoms with E-state index in [1.165, 1.54) is 29.2 Å². The number of amides is 3. The molecule has 31 heavy (non-hydrogen) atoms. The number of hydrogen-bond donors (Lipinski definition) is 1. The molecule has 9 nitrogen and oxygen atoms in total. The smallest absolute Gasteiger partial charge is 0.329 e. The van der Waals surface area contributed by atoms with Gasteiger partial charge in [-0.25, -0.2) is 4.79 Å². The second-order valence-corrected chi connectivity index (χ2v) is 7.41. The number of carbonyl (C=O) groups excluding carboxylic acids is 4. The van der Waals surface area contributed by atoms with Gasteiger partial charge in [0.2, 0.25) is 5.91 Å². The highest BCUT2D eigenvalue weighted by Gasteiger charge is 2.37. The zero-order valence-corrected chi connectivity index (χ0v) is 17.5. The summed E-state index contributed by atoms with van der Waals surface area (Å²) in [6, 6.07) is 9.64. The molecule has 1 fully saturated rings. The highest BCUT2D eigenvalue weighted by molar-refractivity contribution is 5.96. The number of anilines is 1. The third kappa shape index (κ3) is 5.71. The zero-order chi connectivity index (χ0) is 22.4. The van der Waals surface area contributed by atoms with Crippen LogP contribution in [0.3, 0.4) is 0 Å². The maximum atomic E-state index is 12.5. The maximum absolute atomic E-state index is 12.5. The number of carbonyl (C=O) groups is 4. The van der Waals surface area contributed by atoms with Crippen molar-refractivity contribution in [2.75, 3.05) is 32.1 Å². The summed E-state index contributed by atoms with van der Waals surface area (Å²) < 4.78 is 10.2. The van der Waals surface area contributed by atoms with Crippen LogP contribution in [0.5, 0.6) is 0 Å². The quantitative estimate of drug-likeness (QED) is 0.676. The van der Waals surface area contributed by atoms with Crippen LogP contribution in [0, 0.1) is 6.92 Å². The van der Waals surface area contributed by atoms with E-state index in [1.54, 1.807) is 18.2 Å². The molecule has 0 radical (unpaired) electrons. The normalized spacial score (nSPS) is 15.4. The second-order valence-electron chi connectivity index (χ2n) is 7.41. The first-order valence-electron chi connectivity index (χ1n) is 9.96.